The summed E-state index contributed by atoms with van der Waals surface area (Å²) in [7, 11) is 0. The van der Waals surface area contributed by atoms with Crippen LogP contribution in [-0.4, -0.2) is 24.1 Å². The minimum absolute atomic E-state index is 0.249. The fourth-order valence-corrected chi connectivity index (χ4v) is 2.27. The van der Waals surface area contributed by atoms with Crippen LogP contribution >= 0.6 is 0 Å². The van der Waals surface area contributed by atoms with Gasteiger partial charge in [-0.2, -0.15) is 0 Å². The molecule has 23 heavy (non-hydrogen) atoms. The van der Waals surface area contributed by atoms with Gasteiger partial charge in [0, 0.05) is 13.1 Å². The van der Waals surface area contributed by atoms with Gasteiger partial charge in [-0.3, -0.25) is 5.01 Å². The molecule has 1 aromatic carbocycles. The summed E-state index contributed by atoms with van der Waals surface area (Å²) in [4.78, 5) is 12.1. The molecule has 6 heteroatoms. The minimum atomic E-state index is -0.520. The number of nitrogens with zero attached hydrogens (tertiary/aromatic N) is 1. The summed E-state index contributed by atoms with van der Waals surface area (Å²) in [6, 6.07) is 5.05. The number of anilines is 2. The Labute approximate surface area is 135 Å². The number of nitrogen functional groups attached to an aromatic ring is 1. The van der Waals surface area contributed by atoms with Crippen LogP contribution in [0.4, 0.5) is 20.6 Å². The number of rotatable bonds is 4. The predicted molar refractivity (Wildman–Crippen MR) is 92.2 cm³/mol. The molecular formula is C17H21FN4O. The maximum atomic E-state index is 12.8. The maximum absolute atomic E-state index is 12.8. The van der Waals surface area contributed by atoms with Crippen LogP contribution in [0.15, 0.2) is 48.8 Å². The Morgan fingerprint density at radius 1 is 1.48 bits per heavy atom. The number of allylic oxidation sites excluding steroid dienone is 5. The van der Waals surface area contributed by atoms with Gasteiger partial charge in [0.1, 0.15) is 5.83 Å². The van der Waals surface area contributed by atoms with Crippen LogP contribution in [0.2, 0.25) is 0 Å². The molecule has 1 heterocycles. The van der Waals surface area contributed by atoms with Crippen molar-refractivity contribution in [2.45, 2.75) is 13.3 Å². The number of nitrogens with one attached hydrogen (secondary N) is 2. The van der Waals surface area contributed by atoms with Crippen molar-refractivity contribution >= 4 is 23.0 Å². The molecule has 0 spiro atoms. The van der Waals surface area contributed by atoms with Crippen LogP contribution in [0.5, 0.6) is 0 Å². The van der Waals surface area contributed by atoms with Gasteiger partial charge >= 0.3 is 6.03 Å². The van der Waals surface area contributed by atoms with Crippen LogP contribution in [-0.2, 0) is 0 Å². The highest BCUT2D eigenvalue weighted by atomic mass is 19.1. The maximum Gasteiger partial charge on any atom is 0.336 e. The Morgan fingerprint density at radius 2 is 2.26 bits per heavy atom. The quantitative estimate of drug-likeness (QED) is 0.588. The van der Waals surface area contributed by atoms with Gasteiger partial charge in [0.05, 0.1) is 11.4 Å². The van der Waals surface area contributed by atoms with Gasteiger partial charge < -0.3 is 11.1 Å². The van der Waals surface area contributed by atoms with Crippen LogP contribution < -0.4 is 16.5 Å². The zero-order chi connectivity index (χ0) is 16.8. The molecule has 2 amide bonds. The van der Waals surface area contributed by atoms with Gasteiger partial charge in [0.15, 0.2) is 0 Å². The average Bonchev–Trinajstić information content (AvgIpc) is 3.05. The molecule has 1 saturated heterocycles. The molecular weight excluding hydrogens is 295 g/mol. The van der Waals surface area contributed by atoms with Gasteiger partial charge in [-0.25, -0.2) is 14.6 Å². The van der Waals surface area contributed by atoms with E-state index < -0.39 is 5.83 Å². The number of nitrogens with two attached hydrogens (primary N) is 1. The molecule has 1 aliphatic heterocycles. The normalized spacial score (nSPS) is 15.2. The number of amides is 2. The van der Waals surface area contributed by atoms with Crippen molar-refractivity contribution in [1.82, 2.24) is 10.4 Å². The van der Waals surface area contributed by atoms with Crippen molar-refractivity contribution in [3.05, 3.63) is 54.4 Å². The van der Waals surface area contributed by atoms with E-state index in [2.05, 4.69) is 17.3 Å². The SMILES string of the molecule is C=C(F)/C=C\C(=C/C)c1ccc(N)c(NC(=O)N2CCCN2)c1. The third-order valence-corrected chi connectivity index (χ3v) is 3.49. The molecule has 0 atom stereocenters. The number of hydrazine groups is 1. The molecule has 4 N–H and O–H groups in total. The zero-order valence-corrected chi connectivity index (χ0v) is 13.1. The van der Waals surface area contributed by atoms with E-state index in [0.717, 1.165) is 24.1 Å². The highest BCUT2D eigenvalue weighted by Crippen LogP contribution is 2.26. The number of hydrogen-bond acceptors (Lipinski definition) is 3. The van der Waals surface area contributed by atoms with Gasteiger partial charge in [-0.15, -0.1) is 0 Å². The molecule has 0 unspecified atom stereocenters. The van der Waals surface area contributed by atoms with Crippen LogP contribution in [0, 0.1) is 0 Å². The zero-order valence-electron chi connectivity index (χ0n) is 13.1. The summed E-state index contributed by atoms with van der Waals surface area (Å²) < 4.78 is 12.8. The number of carbonyl (C=O) groups is 1. The molecule has 1 fully saturated rings. The van der Waals surface area contributed by atoms with E-state index in [-0.39, 0.29) is 6.03 Å². The molecule has 0 aliphatic carbocycles. The lowest BCUT2D eigenvalue weighted by atomic mass is 10.0. The first-order valence-corrected chi connectivity index (χ1v) is 7.42. The van der Waals surface area contributed by atoms with Crippen molar-refractivity contribution in [2.75, 3.05) is 24.1 Å². The third-order valence-electron chi connectivity index (χ3n) is 3.49. The van der Waals surface area contributed by atoms with E-state index in [1.165, 1.54) is 11.1 Å². The van der Waals surface area contributed by atoms with E-state index in [1.807, 2.05) is 19.1 Å². The van der Waals surface area contributed by atoms with Crippen molar-refractivity contribution in [1.29, 1.82) is 0 Å². The van der Waals surface area contributed by atoms with E-state index in [1.54, 1.807) is 18.2 Å². The smallest absolute Gasteiger partial charge is 0.336 e. The predicted octanol–water partition coefficient (Wildman–Crippen LogP) is 3.45. The van der Waals surface area contributed by atoms with Crippen LogP contribution in [0.1, 0.15) is 18.9 Å². The first-order chi connectivity index (χ1) is 11.0. The Kier molecular flexibility index (Phi) is 5.54. The summed E-state index contributed by atoms with van der Waals surface area (Å²) in [5, 5.41) is 4.32. The van der Waals surface area contributed by atoms with Crippen LogP contribution in [0.25, 0.3) is 5.57 Å². The summed E-state index contributed by atoms with van der Waals surface area (Å²) in [5.74, 6) is -0.520. The summed E-state index contributed by atoms with van der Waals surface area (Å²) in [6.45, 7) is 6.49. The fourth-order valence-electron chi connectivity index (χ4n) is 2.27. The van der Waals surface area contributed by atoms with Gasteiger partial charge in [0.25, 0.3) is 0 Å². The molecule has 1 aromatic rings. The minimum Gasteiger partial charge on any atom is -0.397 e. The molecule has 0 saturated carbocycles. The Hall–Kier alpha value is -2.60. The first-order valence-electron chi connectivity index (χ1n) is 7.42. The van der Waals surface area contributed by atoms with E-state index in [0.29, 0.717) is 17.9 Å². The average molecular weight is 316 g/mol. The second kappa shape index (κ2) is 7.60. The summed E-state index contributed by atoms with van der Waals surface area (Å²) >= 11 is 0. The molecule has 0 radical (unpaired) electrons. The number of benzene rings is 1. The monoisotopic (exact) mass is 316 g/mol. The fraction of sp³-hybridized carbons (Fsp3) is 0.235. The molecule has 2 rings (SSSR count). The summed E-state index contributed by atoms with van der Waals surface area (Å²) in [6.07, 6.45) is 5.68. The second-order valence-electron chi connectivity index (χ2n) is 5.17. The van der Waals surface area contributed by atoms with Crippen molar-refractivity contribution < 1.29 is 9.18 Å². The highest BCUT2D eigenvalue weighted by molar-refractivity contribution is 5.93. The van der Waals surface area contributed by atoms with Gasteiger partial charge in [-0.05, 0) is 42.7 Å². The highest BCUT2D eigenvalue weighted by Gasteiger charge is 2.18. The molecule has 122 valence electrons. The Morgan fingerprint density at radius 3 is 2.87 bits per heavy atom. The Balaban J connectivity index is 2.20. The number of halogens is 1. The largest absolute Gasteiger partial charge is 0.397 e. The molecule has 5 nitrogen and oxygen atoms in total. The van der Waals surface area contributed by atoms with Crippen molar-refractivity contribution in [3.8, 4) is 0 Å². The molecule has 0 bridgehead atoms. The Bertz CT molecular complexity index is 661. The van der Waals surface area contributed by atoms with Crippen LogP contribution in [0.3, 0.4) is 0 Å². The van der Waals surface area contributed by atoms with E-state index >= 15 is 0 Å². The van der Waals surface area contributed by atoms with Gasteiger partial charge in [0.2, 0.25) is 0 Å². The molecule has 1 aliphatic rings. The lowest BCUT2D eigenvalue weighted by Gasteiger charge is -2.18. The number of urea groups is 1. The number of carbonyl (C=O) groups excluding carboxylic acids is 1. The third kappa shape index (κ3) is 4.43. The van der Waals surface area contributed by atoms with E-state index in [4.69, 9.17) is 5.73 Å². The van der Waals surface area contributed by atoms with Crippen molar-refractivity contribution in [3.63, 3.8) is 0 Å². The topological polar surface area (TPSA) is 70.4 Å². The first kappa shape index (κ1) is 16.8. The second-order valence-corrected chi connectivity index (χ2v) is 5.17. The standard InChI is InChI=1S/C17H21FN4O/c1-3-13(6-5-12(2)18)14-7-8-15(19)16(11-14)21-17(23)22-10-4-9-20-22/h3,5-8,11,20H,2,4,9-10,19H2,1H3,(H,21,23)/b6-5-,13-3+. The van der Waals surface area contributed by atoms with Crippen molar-refractivity contribution in [2.24, 2.45) is 0 Å². The summed E-state index contributed by atoms with van der Waals surface area (Å²) in [5.41, 5.74) is 11.5. The lowest BCUT2D eigenvalue weighted by Crippen LogP contribution is -2.40. The molecule has 0 aromatic heterocycles. The van der Waals surface area contributed by atoms with Gasteiger partial charge in [-0.1, -0.05) is 24.8 Å². The van der Waals surface area contributed by atoms with E-state index in [9.17, 15) is 9.18 Å². The number of hydrogen-bond donors (Lipinski definition) is 3. The lowest BCUT2D eigenvalue weighted by molar-refractivity contribution is 0.205.